The molecule has 1 saturated carbocycles. The number of thiophene rings is 1. The van der Waals surface area contributed by atoms with Crippen molar-refractivity contribution in [2.45, 2.75) is 44.6 Å². The molecule has 4 heteroatoms. The summed E-state index contributed by atoms with van der Waals surface area (Å²) in [5.41, 5.74) is -0.151. The maximum absolute atomic E-state index is 11.4. The van der Waals surface area contributed by atoms with E-state index in [-0.39, 0.29) is 11.4 Å². The van der Waals surface area contributed by atoms with Crippen molar-refractivity contribution in [1.29, 1.82) is 0 Å². The number of carbonyl (C=O) groups excluding carboxylic acids is 1. The van der Waals surface area contributed by atoms with E-state index in [1.807, 2.05) is 12.1 Å². The Morgan fingerprint density at radius 3 is 2.56 bits per heavy atom. The zero-order chi connectivity index (χ0) is 11.6. The first-order valence-electron chi connectivity index (χ1n) is 5.67. The average molecular weight is 258 g/mol. The van der Waals surface area contributed by atoms with E-state index in [4.69, 9.17) is 11.6 Å². The van der Waals surface area contributed by atoms with Crippen molar-refractivity contribution in [3.05, 3.63) is 21.3 Å². The van der Waals surface area contributed by atoms with Gasteiger partial charge in [-0.3, -0.25) is 4.79 Å². The fourth-order valence-electron chi connectivity index (χ4n) is 2.50. The maximum Gasteiger partial charge on any atom is 0.217 e. The van der Waals surface area contributed by atoms with Gasteiger partial charge in [-0.25, -0.2) is 0 Å². The monoisotopic (exact) mass is 257 g/mol. The van der Waals surface area contributed by atoms with Crippen LogP contribution in [0, 0.1) is 0 Å². The van der Waals surface area contributed by atoms with Crippen LogP contribution in [-0.4, -0.2) is 5.91 Å². The summed E-state index contributed by atoms with van der Waals surface area (Å²) >= 11 is 7.57. The third kappa shape index (κ3) is 2.41. The Morgan fingerprint density at radius 2 is 2.06 bits per heavy atom. The van der Waals surface area contributed by atoms with Gasteiger partial charge in [-0.15, -0.1) is 11.3 Å². The van der Waals surface area contributed by atoms with Crippen molar-refractivity contribution in [3.63, 3.8) is 0 Å². The minimum absolute atomic E-state index is 0.0476. The van der Waals surface area contributed by atoms with Crippen LogP contribution in [0.3, 0.4) is 0 Å². The first-order valence-corrected chi connectivity index (χ1v) is 6.86. The summed E-state index contributed by atoms with van der Waals surface area (Å²) in [6.07, 6.45) is 5.68. The summed E-state index contributed by atoms with van der Waals surface area (Å²) in [6.45, 7) is 1.59. The minimum atomic E-state index is -0.151. The Kier molecular flexibility index (Phi) is 3.55. The number of rotatable bonds is 2. The molecule has 16 heavy (non-hydrogen) atoms. The SMILES string of the molecule is CC(=O)NC1(c2ccc(Cl)s2)CCCCC1. The summed E-state index contributed by atoms with van der Waals surface area (Å²) in [5.74, 6) is 0.0476. The van der Waals surface area contributed by atoms with Crippen molar-refractivity contribution >= 4 is 28.8 Å². The minimum Gasteiger partial charge on any atom is -0.346 e. The Hall–Kier alpha value is -0.540. The lowest BCUT2D eigenvalue weighted by atomic mass is 9.80. The quantitative estimate of drug-likeness (QED) is 0.860. The molecule has 0 atom stereocenters. The van der Waals surface area contributed by atoms with Crippen LogP contribution in [0.4, 0.5) is 0 Å². The van der Waals surface area contributed by atoms with Gasteiger partial charge in [0.2, 0.25) is 5.91 Å². The molecular formula is C12H16ClNOS. The van der Waals surface area contributed by atoms with Crippen LogP contribution in [0.25, 0.3) is 0 Å². The van der Waals surface area contributed by atoms with E-state index < -0.39 is 0 Å². The molecule has 0 aromatic carbocycles. The van der Waals surface area contributed by atoms with E-state index >= 15 is 0 Å². The molecule has 0 unspecified atom stereocenters. The predicted molar refractivity (Wildman–Crippen MR) is 67.9 cm³/mol. The van der Waals surface area contributed by atoms with Crippen molar-refractivity contribution in [2.75, 3.05) is 0 Å². The van der Waals surface area contributed by atoms with Crippen LogP contribution in [0.5, 0.6) is 0 Å². The lowest BCUT2D eigenvalue weighted by Gasteiger charge is -2.37. The number of amides is 1. The highest BCUT2D eigenvalue weighted by molar-refractivity contribution is 7.16. The molecule has 88 valence electrons. The Balaban J connectivity index is 2.29. The zero-order valence-electron chi connectivity index (χ0n) is 9.38. The lowest BCUT2D eigenvalue weighted by molar-refractivity contribution is -0.121. The van der Waals surface area contributed by atoms with Crippen LogP contribution >= 0.6 is 22.9 Å². The molecule has 1 N–H and O–H groups in total. The first-order chi connectivity index (χ1) is 7.62. The first kappa shape index (κ1) is 11.9. The van der Waals surface area contributed by atoms with Crippen LogP contribution in [0.1, 0.15) is 43.9 Å². The number of hydrogen-bond acceptors (Lipinski definition) is 2. The van der Waals surface area contributed by atoms with Gasteiger partial charge in [-0.2, -0.15) is 0 Å². The molecule has 1 amide bonds. The molecular weight excluding hydrogens is 242 g/mol. The average Bonchev–Trinajstić information content (AvgIpc) is 2.66. The topological polar surface area (TPSA) is 29.1 Å². The van der Waals surface area contributed by atoms with Gasteiger partial charge in [0, 0.05) is 11.8 Å². The summed E-state index contributed by atoms with van der Waals surface area (Å²) in [7, 11) is 0. The molecule has 2 nitrogen and oxygen atoms in total. The standard InChI is InChI=1S/C12H16ClNOS/c1-9(15)14-12(7-3-2-4-8-12)10-5-6-11(13)16-10/h5-6H,2-4,7-8H2,1H3,(H,14,15). The van der Waals surface area contributed by atoms with Gasteiger partial charge in [-0.05, 0) is 25.0 Å². The van der Waals surface area contributed by atoms with E-state index in [1.54, 1.807) is 18.3 Å². The van der Waals surface area contributed by atoms with Gasteiger partial charge in [0.05, 0.1) is 9.88 Å². The molecule has 0 spiro atoms. The van der Waals surface area contributed by atoms with Gasteiger partial charge in [0.15, 0.2) is 0 Å². The Labute approximate surface area is 105 Å². The van der Waals surface area contributed by atoms with E-state index in [0.717, 1.165) is 17.2 Å². The van der Waals surface area contributed by atoms with E-state index in [2.05, 4.69) is 5.32 Å². The summed E-state index contributed by atoms with van der Waals surface area (Å²) in [6, 6.07) is 3.97. The number of nitrogens with one attached hydrogen (secondary N) is 1. The second-order valence-corrected chi connectivity index (χ2v) is 6.14. The van der Waals surface area contributed by atoms with Crippen LogP contribution in [0.2, 0.25) is 4.34 Å². The summed E-state index contributed by atoms with van der Waals surface area (Å²) in [4.78, 5) is 12.6. The summed E-state index contributed by atoms with van der Waals surface area (Å²) in [5, 5.41) is 3.14. The van der Waals surface area contributed by atoms with Crippen molar-refractivity contribution in [2.24, 2.45) is 0 Å². The smallest absolute Gasteiger partial charge is 0.217 e. The second kappa shape index (κ2) is 4.76. The molecule has 0 aliphatic heterocycles. The van der Waals surface area contributed by atoms with E-state index in [0.29, 0.717) is 0 Å². The van der Waals surface area contributed by atoms with Crippen LogP contribution in [-0.2, 0) is 10.3 Å². The molecule has 2 rings (SSSR count). The molecule has 1 aliphatic carbocycles. The number of hydrogen-bond donors (Lipinski definition) is 1. The van der Waals surface area contributed by atoms with Crippen molar-refractivity contribution < 1.29 is 4.79 Å². The van der Waals surface area contributed by atoms with E-state index in [9.17, 15) is 4.79 Å². The Morgan fingerprint density at radius 1 is 1.38 bits per heavy atom. The zero-order valence-corrected chi connectivity index (χ0v) is 11.0. The van der Waals surface area contributed by atoms with Gasteiger partial charge >= 0.3 is 0 Å². The molecule has 1 aliphatic rings. The third-order valence-electron chi connectivity index (χ3n) is 3.17. The highest BCUT2D eigenvalue weighted by Gasteiger charge is 2.35. The van der Waals surface area contributed by atoms with Crippen LogP contribution in [0.15, 0.2) is 12.1 Å². The van der Waals surface area contributed by atoms with Crippen molar-refractivity contribution in [1.82, 2.24) is 5.32 Å². The maximum atomic E-state index is 11.4. The molecule has 1 aromatic heterocycles. The lowest BCUT2D eigenvalue weighted by Crippen LogP contribution is -2.45. The van der Waals surface area contributed by atoms with E-state index in [1.165, 1.54) is 24.1 Å². The molecule has 1 heterocycles. The molecule has 0 saturated heterocycles. The highest BCUT2D eigenvalue weighted by atomic mass is 35.5. The van der Waals surface area contributed by atoms with Gasteiger partial charge in [0.1, 0.15) is 0 Å². The number of carbonyl (C=O) groups is 1. The van der Waals surface area contributed by atoms with Gasteiger partial charge in [0.25, 0.3) is 0 Å². The van der Waals surface area contributed by atoms with Crippen molar-refractivity contribution in [3.8, 4) is 0 Å². The third-order valence-corrected chi connectivity index (χ3v) is 4.60. The molecule has 0 radical (unpaired) electrons. The largest absolute Gasteiger partial charge is 0.346 e. The van der Waals surface area contributed by atoms with Gasteiger partial charge < -0.3 is 5.32 Å². The highest BCUT2D eigenvalue weighted by Crippen LogP contribution is 2.41. The normalized spacial score (nSPS) is 19.4. The Bertz CT molecular complexity index is 382. The molecule has 0 bridgehead atoms. The molecule has 1 fully saturated rings. The fourth-order valence-corrected chi connectivity index (χ4v) is 3.74. The fraction of sp³-hybridized carbons (Fsp3) is 0.583. The summed E-state index contributed by atoms with van der Waals surface area (Å²) < 4.78 is 0.797. The molecule has 1 aromatic rings. The predicted octanol–water partition coefficient (Wildman–Crippen LogP) is 3.70. The second-order valence-electron chi connectivity index (χ2n) is 4.43. The van der Waals surface area contributed by atoms with Crippen LogP contribution < -0.4 is 5.32 Å². The van der Waals surface area contributed by atoms with Gasteiger partial charge in [-0.1, -0.05) is 30.9 Å². The number of halogens is 1.